The molecule has 7 nitrogen and oxygen atoms in total. The molecule has 0 fully saturated rings. The second-order valence-electron chi connectivity index (χ2n) is 9.22. The van der Waals surface area contributed by atoms with E-state index >= 15 is 0 Å². The SMILES string of the molecule is COc1c(CCc2ccc(C(=O)O)cc2)oc2c(CC=C(C)C)c(O)c(CC=C(C)C)c(O)c2c1=O. The number of phenolic OH excluding ortho intramolecular Hbond substituents is 2. The summed E-state index contributed by atoms with van der Waals surface area (Å²) in [6, 6.07) is 6.46. The first kappa shape index (κ1) is 26.6. The third-order valence-corrected chi connectivity index (χ3v) is 5.98. The normalized spacial score (nSPS) is 10.8. The van der Waals surface area contributed by atoms with Gasteiger partial charge in [-0.2, -0.15) is 0 Å². The van der Waals surface area contributed by atoms with Crippen molar-refractivity contribution >= 4 is 16.9 Å². The number of hydrogen-bond acceptors (Lipinski definition) is 6. The maximum atomic E-state index is 13.5. The highest BCUT2D eigenvalue weighted by atomic mass is 16.5. The number of carboxylic acid groups (broad SMARTS) is 1. The predicted molar refractivity (Wildman–Crippen MR) is 139 cm³/mol. The van der Waals surface area contributed by atoms with Gasteiger partial charge in [-0.05, 0) is 64.7 Å². The molecule has 0 saturated heterocycles. The zero-order chi connectivity index (χ0) is 26.6. The molecule has 3 N–H and O–H groups in total. The van der Waals surface area contributed by atoms with Crippen molar-refractivity contribution in [3.8, 4) is 17.2 Å². The van der Waals surface area contributed by atoms with Gasteiger partial charge < -0.3 is 24.5 Å². The van der Waals surface area contributed by atoms with Crippen molar-refractivity contribution in [1.82, 2.24) is 0 Å². The summed E-state index contributed by atoms with van der Waals surface area (Å²) in [5, 5.41) is 31.2. The van der Waals surface area contributed by atoms with Crippen molar-refractivity contribution in [2.24, 2.45) is 0 Å². The van der Waals surface area contributed by atoms with Crippen molar-refractivity contribution in [2.45, 2.75) is 53.4 Å². The van der Waals surface area contributed by atoms with Gasteiger partial charge in [-0.25, -0.2) is 4.79 Å². The lowest BCUT2D eigenvalue weighted by atomic mass is 9.96. The molecule has 0 amide bonds. The Hall–Kier alpha value is -4.00. The van der Waals surface area contributed by atoms with Gasteiger partial charge in [-0.1, -0.05) is 35.4 Å². The van der Waals surface area contributed by atoms with Crippen molar-refractivity contribution in [1.29, 1.82) is 0 Å². The number of carbonyl (C=O) groups is 1. The van der Waals surface area contributed by atoms with Crippen LogP contribution in [0.2, 0.25) is 0 Å². The van der Waals surface area contributed by atoms with E-state index in [4.69, 9.17) is 14.3 Å². The summed E-state index contributed by atoms with van der Waals surface area (Å²) in [5.74, 6) is -1.14. The molecule has 0 aliphatic rings. The van der Waals surface area contributed by atoms with Crippen molar-refractivity contribution in [3.63, 3.8) is 0 Å². The predicted octanol–water partition coefficient (Wildman–Crippen LogP) is 5.71. The molecule has 0 aliphatic carbocycles. The van der Waals surface area contributed by atoms with Crippen LogP contribution in [0.15, 0.2) is 56.8 Å². The van der Waals surface area contributed by atoms with Crippen LogP contribution in [0, 0.1) is 0 Å². The van der Waals surface area contributed by atoms with E-state index in [0.717, 1.165) is 16.7 Å². The Labute approximate surface area is 210 Å². The van der Waals surface area contributed by atoms with E-state index in [2.05, 4.69) is 0 Å². The van der Waals surface area contributed by atoms with Gasteiger partial charge in [0.25, 0.3) is 0 Å². The zero-order valence-corrected chi connectivity index (χ0v) is 21.3. The highest BCUT2D eigenvalue weighted by molar-refractivity contribution is 5.91. The van der Waals surface area contributed by atoms with Crippen molar-refractivity contribution in [3.05, 3.63) is 85.8 Å². The van der Waals surface area contributed by atoms with E-state index in [0.29, 0.717) is 24.8 Å². The molecule has 0 saturated carbocycles. The number of hydrogen-bond donors (Lipinski definition) is 3. The first-order valence-electron chi connectivity index (χ1n) is 11.7. The molecule has 3 aromatic rings. The van der Waals surface area contributed by atoms with Gasteiger partial charge in [0.05, 0.1) is 12.7 Å². The zero-order valence-electron chi connectivity index (χ0n) is 21.3. The molecule has 7 heteroatoms. The Morgan fingerprint density at radius 3 is 2.03 bits per heavy atom. The molecule has 0 unspecified atom stereocenters. The molecule has 0 radical (unpaired) electrons. The summed E-state index contributed by atoms with van der Waals surface area (Å²) >= 11 is 0. The Morgan fingerprint density at radius 2 is 1.50 bits per heavy atom. The Kier molecular flexibility index (Phi) is 8.25. The van der Waals surface area contributed by atoms with Crippen LogP contribution in [-0.4, -0.2) is 28.4 Å². The lowest BCUT2D eigenvalue weighted by Crippen LogP contribution is -2.12. The molecule has 0 bridgehead atoms. The van der Waals surface area contributed by atoms with E-state index in [1.54, 1.807) is 12.1 Å². The average Bonchev–Trinajstić information content (AvgIpc) is 2.82. The van der Waals surface area contributed by atoms with E-state index in [-0.39, 0.29) is 51.5 Å². The molecule has 0 atom stereocenters. The van der Waals surface area contributed by atoms with Crippen molar-refractivity contribution in [2.75, 3.05) is 7.11 Å². The number of aryl methyl sites for hydroxylation is 2. The number of aromatic carboxylic acids is 1. The highest BCUT2D eigenvalue weighted by Crippen LogP contribution is 2.41. The minimum atomic E-state index is -1.00. The number of aromatic hydroxyl groups is 2. The largest absolute Gasteiger partial charge is 0.507 e. The third kappa shape index (κ3) is 5.62. The maximum absolute atomic E-state index is 13.5. The summed E-state index contributed by atoms with van der Waals surface area (Å²) in [6.07, 6.45) is 5.12. The molecular weight excluding hydrogens is 460 g/mol. The Bertz CT molecular complexity index is 1400. The summed E-state index contributed by atoms with van der Waals surface area (Å²) < 4.78 is 11.6. The van der Waals surface area contributed by atoms with Gasteiger partial charge in [0.2, 0.25) is 11.2 Å². The molecule has 0 aliphatic heterocycles. The van der Waals surface area contributed by atoms with E-state index in [9.17, 15) is 19.8 Å². The third-order valence-electron chi connectivity index (χ3n) is 5.98. The number of rotatable bonds is 9. The minimum absolute atomic E-state index is 0.00743. The molecule has 1 heterocycles. The standard InChI is InChI=1S/C29H32O7/c1-16(2)6-13-20-24(30)21(14-7-17(3)4)27-23(25(20)31)26(32)28(35-5)22(36-27)15-10-18-8-11-19(12-9-18)29(33)34/h6-9,11-12,30-31H,10,13-15H2,1-5H3,(H,33,34). The minimum Gasteiger partial charge on any atom is -0.507 e. The first-order chi connectivity index (χ1) is 17.0. The number of methoxy groups -OCH3 is 1. The van der Waals surface area contributed by atoms with Crippen LogP contribution in [-0.2, 0) is 25.7 Å². The molecule has 2 aromatic carbocycles. The lowest BCUT2D eigenvalue weighted by Gasteiger charge is -2.16. The van der Waals surface area contributed by atoms with Gasteiger partial charge in [-0.3, -0.25) is 4.79 Å². The summed E-state index contributed by atoms with van der Waals surface area (Å²) in [4.78, 5) is 24.6. The van der Waals surface area contributed by atoms with Crippen LogP contribution < -0.4 is 10.2 Å². The molecule has 3 rings (SSSR count). The van der Waals surface area contributed by atoms with Crippen LogP contribution in [0.25, 0.3) is 11.0 Å². The first-order valence-corrected chi connectivity index (χ1v) is 11.7. The topological polar surface area (TPSA) is 117 Å². The Balaban J connectivity index is 2.18. The molecular formula is C29H32O7. The lowest BCUT2D eigenvalue weighted by molar-refractivity contribution is 0.0697. The van der Waals surface area contributed by atoms with E-state index in [1.165, 1.54) is 19.2 Å². The second kappa shape index (κ2) is 11.2. The monoisotopic (exact) mass is 492 g/mol. The van der Waals surface area contributed by atoms with Crippen LogP contribution in [0.3, 0.4) is 0 Å². The van der Waals surface area contributed by atoms with Crippen LogP contribution >= 0.6 is 0 Å². The molecule has 190 valence electrons. The van der Waals surface area contributed by atoms with Crippen LogP contribution in [0.5, 0.6) is 17.2 Å². The van der Waals surface area contributed by atoms with E-state index < -0.39 is 11.4 Å². The number of carboxylic acids is 1. The number of allylic oxidation sites excluding steroid dienone is 4. The molecule has 0 spiro atoms. The van der Waals surface area contributed by atoms with Crippen LogP contribution in [0.1, 0.15) is 60.5 Å². The van der Waals surface area contributed by atoms with Crippen molar-refractivity contribution < 1.29 is 29.3 Å². The fourth-order valence-corrected chi connectivity index (χ4v) is 3.98. The summed E-state index contributed by atoms with van der Waals surface area (Å²) in [5.41, 5.74) is 3.40. The fourth-order valence-electron chi connectivity index (χ4n) is 3.98. The van der Waals surface area contributed by atoms with Gasteiger partial charge in [-0.15, -0.1) is 0 Å². The number of phenols is 2. The van der Waals surface area contributed by atoms with E-state index in [1.807, 2.05) is 39.8 Å². The van der Waals surface area contributed by atoms with Crippen LogP contribution in [0.4, 0.5) is 0 Å². The quantitative estimate of drug-likeness (QED) is 0.327. The number of benzene rings is 2. The number of fused-ring (bicyclic) bond motifs is 1. The molecule has 1 aromatic heterocycles. The summed E-state index contributed by atoms with van der Waals surface area (Å²) in [6.45, 7) is 7.70. The average molecular weight is 493 g/mol. The number of ether oxygens (including phenoxy) is 1. The summed E-state index contributed by atoms with van der Waals surface area (Å²) in [7, 11) is 1.37. The fraction of sp³-hybridized carbons (Fsp3) is 0.310. The van der Waals surface area contributed by atoms with Gasteiger partial charge in [0, 0.05) is 17.5 Å². The van der Waals surface area contributed by atoms with Gasteiger partial charge in [0.1, 0.15) is 22.5 Å². The smallest absolute Gasteiger partial charge is 0.335 e. The molecule has 36 heavy (non-hydrogen) atoms. The Morgan fingerprint density at radius 1 is 0.917 bits per heavy atom. The maximum Gasteiger partial charge on any atom is 0.335 e. The second-order valence-corrected chi connectivity index (χ2v) is 9.22. The highest BCUT2D eigenvalue weighted by Gasteiger charge is 2.25. The van der Waals surface area contributed by atoms with Gasteiger partial charge >= 0.3 is 5.97 Å². The van der Waals surface area contributed by atoms with Gasteiger partial charge in [0.15, 0.2) is 5.76 Å².